The predicted octanol–water partition coefficient (Wildman–Crippen LogP) is 3.39. The number of benzene rings is 1. The number of hydrogen-bond acceptors (Lipinski definition) is 4. The van der Waals surface area contributed by atoms with E-state index in [1.54, 1.807) is 12.1 Å². The van der Waals surface area contributed by atoms with Crippen LogP contribution in [0.2, 0.25) is 0 Å². The second kappa shape index (κ2) is 8.17. The van der Waals surface area contributed by atoms with E-state index in [1.807, 2.05) is 19.1 Å². The van der Waals surface area contributed by atoms with Crippen molar-refractivity contribution in [3.05, 3.63) is 29.8 Å². The Labute approximate surface area is 172 Å². The molecule has 1 aromatic rings. The second-order valence-corrected chi connectivity index (χ2v) is 9.32. The van der Waals surface area contributed by atoms with Crippen LogP contribution in [0.15, 0.2) is 29.4 Å². The van der Waals surface area contributed by atoms with Crippen LogP contribution >= 0.6 is 0 Å². The van der Waals surface area contributed by atoms with Crippen molar-refractivity contribution >= 4 is 17.5 Å². The number of nitrogens with zero attached hydrogens (tertiary/aromatic N) is 1. The van der Waals surface area contributed by atoms with Crippen LogP contribution < -0.4 is 15.9 Å². The molecule has 156 valence electrons. The van der Waals surface area contributed by atoms with E-state index in [-0.39, 0.29) is 17.9 Å². The van der Waals surface area contributed by atoms with Crippen LogP contribution in [-0.4, -0.2) is 24.1 Å². The van der Waals surface area contributed by atoms with E-state index in [4.69, 9.17) is 10.5 Å². The Balaban J connectivity index is 1.35. The smallest absolute Gasteiger partial charge is 0.255 e. The Bertz CT molecular complexity index is 765. The van der Waals surface area contributed by atoms with Crippen molar-refractivity contribution in [2.75, 3.05) is 6.61 Å². The number of nitrogens with one attached hydrogen (secondary N) is 1. The first-order chi connectivity index (χ1) is 13.9. The minimum absolute atomic E-state index is 0.0410. The highest BCUT2D eigenvalue weighted by atomic mass is 16.5. The first-order valence-electron chi connectivity index (χ1n) is 10.8. The molecule has 0 atom stereocenters. The summed E-state index contributed by atoms with van der Waals surface area (Å²) in [6.45, 7) is 1.87. The molecule has 5 rings (SSSR count). The monoisotopic (exact) mass is 397 g/mol. The second-order valence-electron chi connectivity index (χ2n) is 9.32. The first kappa shape index (κ1) is 19.9. The molecule has 4 fully saturated rings. The van der Waals surface area contributed by atoms with Crippen molar-refractivity contribution in [2.45, 2.75) is 58.3 Å². The number of amides is 2. The third kappa shape index (κ3) is 4.62. The van der Waals surface area contributed by atoms with Gasteiger partial charge >= 0.3 is 0 Å². The summed E-state index contributed by atoms with van der Waals surface area (Å²) in [7, 11) is 0. The highest BCUT2D eigenvalue weighted by Gasteiger charge is 2.51. The molecule has 3 N–H and O–H groups in total. The van der Waals surface area contributed by atoms with Crippen LogP contribution in [0.5, 0.6) is 5.75 Å². The highest BCUT2D eigenvalue weighted by Crippen LogP contribution is 2.61. The van der Waals surface area contributed by atoms with E-state index >= 15 is 0 Å². The molecule has 29 heavy (non-hydrogen) atoms. The lowest BCUT2D eigenvalue weighted by Gasteiger charge is -2.56. The molecule has 6 nitrogen and oxygen atoms in total. The summed E-state index contributed by atoms with van der Waals surface area (Å²) in [5.41, 5.74) is 9.88. The lowest BCUT2D eigenvalue weighted by molar-refractivity contribution is -0.129. The quantitative estimate of drug-likeness (QED) is 0.520. The van der Waals surface area contributed by atoms with Gasteiger partial charge in [0.1, 0.15) is 5.75 Å². The summed E-state index contributed by atoms with van der Waals surface area (Å²) in [5, 5.41) is 4.42. The fourth-order valence-electron chi connectivity index (χ4n) is 6.26. The third-order valence-electron chi connectivity index (χ3n) is 6.92. The molecule has 6 heteroatoms. The average molecular weight is 398 g/mol. The van der Waals surface area contributed by atoms with Gasteiger partial charge in [-0.3, -0.25) is 9.59 Å². The topological polar surface area (TPSA) is 93.8 Å². The molecule has 0 spiro atoms. The number of hydrazone groups is 1. The molecule has 0 aromatic heterocycles. The summed E-state index contributed by atoms with van der Waals surface area (Å²) in [6.07, 6.45) is 9.15. The molecule has 2 amide bonds. The number of carbonyl (C=O) groups is 2. The van der Waals surface area contributed by atoms with Gasteiger partial charge < -0.3 is 10.5 Å². The van der Waals surface area contributed by atoms with E-state index in [0.29, 0.717) is 18.6 Å². The molecule has 1 aromatic carbocycles. The van der Waals surface area contributed by atoms with Gasteiger partial charge in [0.25, 0.3) is 5.91 Å². The normalized spacial score (nSPS) is 30.2. The summed E-state index contributed by atoms with van der Waals surface area (Å²) >= 11 is 0. The summed E-state index contributed by atoms with van der Waals surface area (Å²) in [5.74, 6) is 2.65. The summed E-state index contributed by atoms with van der Waals surface area (Å²) in [6, 6.07) is 7.31. The third-order valence-corrected chi connectivity index (χ3v) is 6.92. The number of hydrogen-bond donors (Lipinski definition) is 2. The minimum atomic E-state index is -0.508. The van der Waals surface area contributed by atoms with Gasteiger partial charge in [0.15, 0.2) is 6.61 Å². The van der Waals surface area contributed by atoms with E-state index in [0.717, 1.165) is 29.0 Å². The standard InChI is InChI=1S/C23H31N3O3/c1-2-20(18-3-5-19(6-4-18)29-14-21(24)27)25-26-22(28)13-23-10-15-7-16(11-23)9-17(8-15)12-23/h3-6,15-17H,2,7-14H2,1H3,(H2,24,27)(H,26,28). The number of rotatable bonds is 8. The number of carbonyl (C=O) groups excluding carboxylic acids is 2. The predicted molar refractivity (Wildman–Crippen MR) is 111 cm³/mol. The summed E-state index contributed by atoms with van der Waals surface area (Å²) < 4.78 is 5.28. The van der Waals surface area contributed by atoms with Crippen LogP contribution in [0.3, 0.4) is 0 Å². The minimum Gasteiger partial charge on any atom is -0.484 e. The maximum Gasteiger partial charge on any atom is 0.255 e. The largest absolute Gasteiger partial charge is 0.484 e. The molecular formula is C23H31N3O3. The molecule has 4 aliphatic rings. The number of primary amides is 1. The molecular weight excluding hydrogens is 366 g/mol. The molecule has 4 aliphatic carbocycles. The molecule has 4 saturated carbocycles. The Hall–Kier alpha value is -2.37. The number of nitrogens with two attached hydrogens (primary N) is 1. The number of ether oxygens (including phenoxy) is 1. The van der Waals surface area contributed by atoms with Gasteiger partial charge in [-0.25, -0.2) is 5.43 Å². The average Bonchev–Trinajstić information content (AvgIpc) is 2.66. The Morgan fingerprint density at radius 2 is 1.69 bits per heavy atom. The maximum absolute atomic E-state index is 12.7. The Morgan fingerprint density at radius 1 is 1.10 bits per heavy atom. The van der Waals surface area contributed by atoms with Gasteiger partial charge in [-0.1, -0.05) is 6.92 Å². The molecule has 0 unspecified atom stereocenters. The first-order valence-corrected chi connectivity index (χ1v) is 10.8. The molecule has 0 saturated heterocycles. The molecule has 0 heterocycles. The van der Waals surface area contributed by atoms with Crippen molar-refractivity contribution in [2.24, 2.45) is 34.0 Å². The fraction of sp³-hybridized carbons (Fsp3) is 0.609. The molecule has 4 bridgehead atoms. The highest BCUT2D eigenvalue weighted by molar-refractivity contribution is 6.01. The Kier molecular flexibility index (Phi) is 5.61. The zero-order chi connectivity index (χ0) is 20.4. The lowest BCUT2D eigenvalue weighted by atomic mass is 9.49. The van der Waals surface area contributed by atoms with Gasteiger partial charge in [-0.05, 0) is 97.9 Å². The fourth-order valence-corrected chi connectivity index (χ4v) is 6.26. The van der Waals surface area contributed by atoms with Crippen LogP contribution in [0, 0.1) is 23.2 Å². The maximum atomic E-state index is 12.7. The van der Waals surface area contributed by atoms with Gasteiger partial charge in [0.2, 0.25) is 5.91 Å². The van der Waals surface area contributed by atoms with Crippen molar-refractivity contribution in [1.29, 1.82) is 0 Å². The zero-order valence-electron chi connectivity index (χ0n) is 17.2. The molecule has 0 radical (unpaired) electrons. The summed E-state index contributed by atoms with van der Waals surface area (Å²) in [4.78, 5) is 23.5. The van der Waals surface area contributed by atoms with Crippen molar-refractivity contribution < 1.29 is 14.3 Å². The molecule has 0 aliphatic heterocycles. The van der Waals surface area contributed by atoms with Crippen molar-refractivity contribution in [1.82, 2.24) is 5.43 Å². The van der Waals surface area contributed by atoms with Gasteiger partial charge in [-0.2, -0.15) is 5.10 Å². The van der Waals surface area contributed by atoms with Crippen LogP contribution in [0.25, 0.3) is 0 Å². The Morgan fingerprint density at radius 3 is 2.21 bits per heavy atom. The SMILES string of the molecule is CCC(=NNC(=O)CC12CC3CC(CC(C3)C1)C2)c1ccc(OCC(N)=O)cc1. The van der Waals surface area contributed by atoms with Crippen LogP contribution in [0.1, 0.15) is 63.9 Å². The van der Waals surface area contributed by atoms with E-state index in [9.17, 15) is 9.59 Å². The lowest BCUT2D eigenvalue weighted by Crippen LogP contribution is -2.47. The van der Waals surface area contributed by atoms with E-state index in [1.165, 1.54) is 38.5 Å². The van der Waals surface area contributed by atoms with E-state index in [2.05, 4.69) is 10.5 Å². The van der Waals surface area contributed by atoms with Crippen molar-refractivity contribution in [3.8, 4) is 5.75 Å². The van der Waals surface area contributed by atoms with Crippen LogP contribution in [-0.2, 0) is 9.59 Å². The van der Waals surface area contributed by atoms with Crippen LogP contribution in [0.4, 0.5) is 0 Å². The zero-order valence-corrected chi connectivity index (χ0v) is 17.2. The van der Waals surface area contributed by atoms with Gasteiger partial charge in [0, 0.05) is 6.42 Å². The van der Waals surface area contributed by atoms with Gasteiger partial charge in [-0.15, -0.1) is 0 Å². The van der Waals surface area contributed by atoms with E-state index < -0.39 is 5.91 Å². The van der Waals surface area contributed by atoms with Gasteiger partial charge in [0.05, 0.1) is 5.71 Å². The van der Waals surface area contributed by atoms with Crippen molar-refractivity contribution in [3.63, 3.8) is 0 Å².